The van der Waals surface area contributed by atoms with Crippen molar-refractivity contribution in [2.75, 3.05) is 13.1 Å². The van der Waals surface area contributed by atoms with Crippen LogP contribution in [0.15, 0.2) is 35.1 Å². The number of rotatable bonds is 3. The van der Waals surface area contributed by atoms with Crippen LogP contribution in [0.2, 0.25) is 0 Å². The Balaban J connectivity index is 1.70. The summed E-state index contributed by atoms with van der Waals surface area (Å²) in [5.74, 6) is -0.556. The van der Waals surface area contributed by atoms with E-state index in [9.17, 15) is 18.0 Å². The van der Waals surface area contributed by atoms with E-state index in [1.807, 2.05) is 0 Å². The Bertz CT molecular complexity index is 1030. The summed E-state index contributed by atoms with van der Waals surface area (Å²) in [7, 11) is 0. The molecular formula is C20H19F3N4O2. The first-order chi connectivity index (χ1) is 13.9. The largest absolute Gasteiger partial charge is 0.417 e. The fourth-order valence-corrected chi connectivity index (χ4v) is 3.76. The summed E-state index contributed by atoms with van der Waals surface area (Å²) in [4.78, 5) is 22.5. The van der Waals surface area contributed by atoms with Crippen molar-refractivity contribution in [3.8, 4) is 0 Å². The minimum Gasteiger partial charge on any atom is -0.338 e. The number of alkyl halides is 3. The number of halogens is 3. The standard InChI is InChI=1S/C20H19F3N4O2/c1-2-14-9-15(20(21,22)23)16-17(26-29-18(16)25-14)13-6-4-8-27(11-13)19(28)12-5-3-7-24-10-12/h3,5,7,9-10,13H,2,4,6,8,11H2,1H3. The lowest BCUT2D eigenvalue weighted by Gasteiger charge is -2.32. The summed E-state index contributed by atoms with van der Waals surface area (Å²) in [6.45, 7) is 2.53. The van der Waals surface area contributed by atoms with Crippen LogP contribution >= 0.6 is 0 Å². The first kappa shape index (κ1) is 19.4. The highest BCUT2D eigenvalue weighted by Gasteiger charge is 2.38. The van der Waals surface area contributed by atoms with Crippen LogP contribution in [0.1, 0.15) is 53.0 Å². The maximum Gasteiger partial charge on any atom is 0.417 e. The second-order valence-electron chi connectivity index (χ2n) is 7.09. The molecule has 1 saturated heterocycles. The van der Waals surface area contributed by atoms with Gasteiger partial charge < -0.3 is 9.42 Å². The number of piperidine rings is 1. The predicted molar refractivity (Wildman–Crippen MR) is 98.3 cm³/mol. The molecule has 0 saturated carbocycles. The van der Waals surface area contributed by atoms with Crippen LogP contribution < -0.4 is 0 Å². The van der Waals surface area contributed by atoms with Gasteiger partial charge in [0, 0.05) is 37.1 Å². The molecule has 4 heterocycles. The van der Waals surface area contributed by atoms with Gasteiger partial charge in [0.2, 0.25) is 0 Å². The highest BCUT2D eigenvalue weighted by Crippen LogP contribution is 2.40. The van der Waals surface area contributed by atoms with Crippen LogP contribution in [0.25, 0.3) is 11.1 Å². The van der Waals surface area contributed by atoms with Gasteiger partial charge in [-0.15, -0.1) is 0 Å². The molecule has 6 nitrogen and oxygen atoms in total. The minimum atomic E-state index is -4.55. The average molecular weight is 404 g/mol. The van der Waals surface area contributed by atoms with Gasteiger partial charge in [-0.1, -0.05) is 12.1 Å². The number of fused-ring (bicyclic) bond motifs is 1. The van der Waals surface area contributed by atoms with Gasteiger partial charge in [0.25, 0.3) is 11.6 Å². The molecule has 0 aliphatic carbocycles. The van der Waals surface area contributed by atoms with Crippen molar-refractivity contribution in [3.63, 3.8) is 0 Å². The van der Waals surface area contributed by atoms with Crippen molar-refractivity contribution < 1.29 is 22.5 Å². The lowest BCUT2D eigenvalue weighted by atomic mass is 9.91. The van der Waals surface area contributed by atoms with Crippen molar-refractivity contribution >= 4 is 17.0 Å². The lowest BCUT2D eigenvalue weighted by Crippen LogP contribution is -2.39. The Morgan fingerprint density at radius 2 is 2.21 bits per heavy atom. The van der Waals surface area contributed by atoms with Crippen molar-refractivity contribution in [3.05, 3.63) is 53.1 Å². The van der Waals surface area contributed by atoms with E-state index in [0.29, 0.717) is 37.1 Å². The van der Waals surface area contributed by atoms with E-state index in [1.54, 1.807) is 30.2 Å². The third kappa shape index (κ3) is 3.68. The van der Waals surface area contributed by atoms with Crippen molar-refractivity contribution in [2.45, 2.75) is 38.3 Å². The van der Waals surface area contributed by atoms with Gasteiger partial charge in [-0.2, -0.15) is 13.2 Å². The molecule has 1 unspecified atom stereocenters. The maximum absolute atomic E-state index is 13.7. The van der Waals surface area contributed by atoms with E-state index < -0.39 is 11.7 Å². The summed E-state index contributed by atoms with van der Waals surface area (Å²) >= 11 is 0. The smallest absolute Gasteiger partial charge is 0.338 e. The van der Waals surface area contributed by atoms with Crippen LogP contribution in [0.3, 0.4) is 0 Å². The summed E-state index contributed by atoms with van der Waals surface area (Å²) in [6.07, 6.45) is 0.137. The fraction of sp³-hybridized carbons (Fsp3) is 0.400. The zero-order valence-electron chi connectivity index (χ0n) is 15.7. The number of nitrogens with zero attached hydrogens (tertiary/aromatic N) is 4. The Morgan fingerprint density at radius 3 is 2.90 bits per heavy atom. The predicted octanol–water partition coefficient (Wildman–Crippen LogP) is 4.22. The zero-order chi connectivity index (χ0) is 20.6. The Morgan fingerprint density at radius 1 is 1.38 bits per heavy atom. The topological polar surface area (TPSA) is 72.1 Å². The zero-order valence-corrected chi connectivity index (χ0v) is 15.7. The van der Waals surface area contributed by atoms with Crippen LogP contribution in [-0.2, 0) is 12.6 Å². The molecule has 0 spiro atoms. The number of aromatic nitrogens is 3. The molecular weight excluding hydrogens is 385 g/mol. The fourth-order valence-electron chi connectivity index (χ4n) is 3.76. The first-order valence-corrected chi connectivity index (χ1v) is 9.44. The van der Waals surface area contributed by atoms with Crippen LogP contribution in [0, 0.1) is 0 Å². The minimum absolute atomic E-state index is 0.102. The van der Waals surface area contributed by atoms with E-state index in [2.05, 4.69) is 15.1 Å². The summed E-state index contributed by atoms with van der Waals surface area (Å²) < 4.78 is 46.3. The molecule has 152 valence electrons. The number of amides is 1. The Hall–Kier alpha value is -2.97. The molecule has 0 radical (unpaired) electrons. The van der Waals surface area contributed by atoms with E-state index in [1.165, 1.54) is 6.20 Å². The summed E-state index contributed by atoms with van der Waals surface area (Å²) in [5, 5.41) is 3.85. The lowest BCUT2D eigenvalue weighted by molar-refractivity contribution is -0.136. The van der Waals surface area contributed by atoms with Gasteiger partial charge >= 0.3 is 6.18 Å². The molecule has 0 N–H and O–H groups in total. The van der Waals surface area contributed by atoms with Gasteiger partial charge in [-0.3, -0.25) is 9.78 Å². The van der Waals surface area contributed by atoms with Gasteiger partial charge in [0.05, 0.1) is 22.2 Å². The van der Waals surface area contributed by atoms with Gasteiger partial charge in [-0.05, 0) is 37.5 Å². The number of hydrogen-bond donors (Lipinski definition) is 0. The van der Waals surface area contributed by atoms with E-state index in [4.69, 9.17) is 4.52 Å². The molecule has 1 aliphatic heterocycles. The quantitative estimate of drug-likeness (QED) is 0.654. The Labute approximate surface area is 164 Å². The molecule has 1 fully saturated rings. The van der Waals surface area contributed by atoms with Crippen LogP contribution in [0.5, 0.6) is 0 Å². The molecule has 4 rings (SSSR count). The normalized spacial score (nSPS) is 17.7. The van der Waals surface area contributed by atoms with Gasteiger partial charge in [0.15, 0.2) is 0 Å². The molecule has 1 amide bonds. The van der Waals surface area contributed by atoms with Crippen LogP contribution in [-0.4, -0.2) is 39.0 Å². The number of likely N-dealkylation sites (tertiary alicyclic amines) is 1. The molecule has 3 aromatic rings. The molecule has 3 aromatic heterocycles. The van der Waals surface area contributed by atoms with Crippen LogP contribution in [0.4, 0.5) is 13.2 Å². The number of hydrogen-bond acceptors (Lipinski definition) is 5. The number of carbonyl (C=O) groups is 1. The average Bonchev–Trinajstić information content (AvgIpc) is 3.16. The van der Waals surface area contributed by atoms with Crippen molar-refractivity contribution in [1.29, 1.82) is 0 Å². The van der Waals surface area contributed by atoms with E-state index >= 15 is 0 Å². The highest BCUT2D eigenvalue weighted by atomic mass is 19.4. The first-order valence-electron chi connectivity index (χ1n) is 9.44. The highest BCUT2D eigenvalue weighted by molar-refractivity contribution is 5.94. The molecule has 0 aromatic carbocycles. The summed E-state index contributed by atoms with van der Waals surface area (Å²) in [5.41, 5.74) is 0.0628. The van der Waals surface area contributed by atoms with E-state index in [-0.39, 0.29) is 35.2 Å². The van der Waals surface area contributed by atoms with Crippen molar-refractivity contribution in [1.82, 2.24) is 20.0 Å². The second kappa shape index (κ2) is 7.46. The third-order valence-corrected chi connectivity index (χ3v) is 5.20. The third-order valence-electron chi connectivity index (χ3n) is 5.20. The summed E-state index contributed by atoms with van der Waals surface area (Å²) in [6, 6.07) is 4.40. The molecule has 1 atom stereocenters. The molecule has 9 heteroatoms. The van der Waals surface area contributed by atoms with E-state index in [0.717, 1.165) is 6.07 Å². The Kier molecular flexibility index (Phi) is 4.97. The molecule has 29 heavy (non-hydrogen) atoms. The number of carbonyl (C=O) groups excluding carboxylic acids is 1. The number of pyridine rings is 2. The van der Waals surface area contributed by atoms with Crippen molar-refractivity contribution in [2.24, 2.45) is 0 Å². The molecule has 1 aliphatic rings. The monoisotopic (exact) mass is 404 g/mol. The molecule has 0 bridgehead atoms. The second-order valence-corrected chi connectivity index (χ2v) is 7.09. The SMILES string of the molecule is CCc1cc(C(F)(F)F)c2c(C3CCCN(C(=O)c4cccnc4)C3)noc2n1. The maximum atomic E-state index is 13.7. The number of aryl methyl sites for hydroxylation is 1. The van der Waals surface area contributed by atoms with Gasteiger partial charge in [0.1, 0.15) is 0 Å². The van der Waals surface area contributed by atoms with Gasteiger partial charge in [-0.25, -0.2) is 4.98 Å².